The fourth-order valence-corrected chi connectivity index (χ4v) is 1.74. The lowest BCUT2D eigenvalue weighted by Crippen LogP contribution is -2.16. The third kappa shape index (κ3) is 3.37. The number of carboxylic acid groups (broad SMARTS) is 1. The first-order valence-electron chi connectivity index (χ1n) is 5.80. The molecule has 1 heterocycles. The number of carbonyl (C=O) groups is 1. The Morgan fingerprint density at radius 2 is 2.00 bits per heavy atom. The molecule has 7 heteroatoms. The van der Waals surface area contributed by atoms with Gasteiger partial charge in [0, 0.05) is 11.9 Å². The van der Waals surface area contributed by atoms with Crippen LogP contribution in [0, 0.1) is 0 Å². The SMILES string of the molecule is O=C(O)c1cc2ccccc2nc1NCCC(F)(F)F. The average Bonchev–Trinajstić information content (AvgIpc) is 2.36. The number of rotatable bonds is 4. The van der Waals surface area contributed by atoms with Crippen LogP contribution in [0.1, 0.15) is 16.8 Å². The minimum atomic E-state index is -4.30. The molecular weight excluding hydrogens is 273 g/mol. The van der Waals surface area contributed by atoms with Crippen molar-refractivity contribution in [3.8, 4) is 0 Å². The molecule has 2 N–H and O–H groups in total. The molecule has 1 aromatic heterocycles. The normalized spacial score (nSPS) is 11.6. The van der Waals surface area contributed by atoms with Gasteiger partial charge in [-0.2, -0.15) is 13.2 Å². The van der Waals surface area contributed by atoms with Gasteiger partial charge in [-0.3, -0.25) is 0 Å². The van der Waals surface area contributed by atoms with Crippen LogP contribution in [0.15, 0.2) is 30.3 Å². The number of fused-ring (bicyclic) bond motifs is 1. The molecule has 2 rings (SSSR count). The van der Waals surface area contributed by atoms with Gasteiger partial charge in [-0.25, -0.2) is 9.78 Å². The summed E-state index contributed by atoms with van der Waals surface area (Å²) < 4.78 is 36.3. The third-order valence-corrected chi connectivity index (χ3v) is 2.66. The standard InChI is InChI=1S/C13H11F3N2O2/c14-13(15,16)5-6-17-11-9(12(19)20)7-8-3-1-2-4-10(8)18-11/h1-4,7H,5-6H2,(H,17,18)(H,19,20). The molecule has 4 nitrogen and oxygen atoms in total. The van der Waals surface area contributed by atoms with Crippen LogP contribution in [0.25, 0.3) is 10.9 Å². The summed E-state index contributed by atoms with van der Waals surface area (Å²) in [6.45, 7) is -0.422. The average molecular weight is 284 g/mol. The highest BCUT2D eigenvalue weighted by molar-refractivity contribution is 5.98. The molecule has 20 heavy (non-hydrogen) atoms. The van der Waals surface area contributed by atoms with Gasteiger partial charge in [0.25, 0.3) is 0 Å². The number of aromatic nitrogens is 1. The summed E-state index contributed by atoms with van der Waals surface area (Å²) in [5, 5.41) is 12.1. The van der Waals surface area contributed by atoms with Crippen molar-refractivity contribution in [2.45, 2.75) is 12.6 Å². The van der Waals surface area contributed by atoms with Crippen LogP contribution in [0.5, 0.6) is 0 Å². The predicted octanol–water partition coefficient (Wildman–Crippen LogP) is 3.30. The van der Waals surface area contributed by atoms with Crippen molar-refractivity contribution in [3.63, 3.8) is 0 Å². The number of benzene rings is 1. The maximum Gasteiger partial charge on any atom is 0.390 e. The lowest BCUT2D eigenvalue weighted by molar-refractivity contribution is -0.131. The molecule has 0 aliphatic heterocycles. The first-order valence-corrected chi connectivity index (χ1v) is 5.80. The minimum Gasteiger partial charge on any atom is -0.478 e. The van der Waals surface area contributed by atoms with Crippen LogP contribution in [0.2, 0.25) is 0 Å². The molecule has 0 radical (unpaired) electrons. The fourth-order valence-electron chi connectivity index (χ4n) is 1.74. The van der Waals surface area contributed by atoms with Crippen LogP contribution in [-0.4, -0.2) is 28.8 Å². The highest BCUT2D eigenvalue weighted by atomic mass is 19.4. The van der Waals surface area contributed by atoms with E-state index in [1.807, 2.05) is 0 Å². The zero-order valence-electron chi connectivity index (χ0n) is 10.2. The van der Waals surface area contributed by atoms with E-state index < -0.39 is 25.1 Å². The quantitative estimate of drug-likeness (QED) is 0.904. The van der Waals surface area contributed by atoms with Crippen molar-refractivity contribution >= 4 is 22.7 Å². The number of hydrogen-bond donors (Lipinski definition) is 2. The van der Waals surface area contributed by atoms with Crippen LogP contribution >= 0.6 is 0 Å². The van der Waals surface area contributed by atoms with Crippen molar-refractivity contribution in [3.05, 3.63) is 35.9 Å². The van der Waals surface area contributed by atoms with E-state index in [0.29, 0.717) is 10.9 Å². The number of carboxylic acids is 1. The zero-order chi connectivity index (χ0) is 14.8. The fraction of sp³-hybridized carbons (Fsp3) is 0.231. The minimum absolute atomic E-state index is 0.0551. The molecule has 2 aromatic rings. The summed E-state index contributed by atoms with van der Waals surface area (Å²) in [5.41, 5.74) is 0.373. The number of alkyl halides is 3. The molecule has 0 atom stereocenters. The molecule has 0 bridgehead atoms. The maximum atomic E-state index is 12.1. The van der Waals surface area contributed by atoms with E-state index in [9.17, 15) is 18.0 Å². The van der Waals surface area contributed by atoms with Crippen molar-refractivity contribution in [2.75, 3.05) is 11.9 Å². The Hall–Kier alpha value is -2.31. The third-order valence-electron chi connectivity index (χ3n) is 2.66. The van der Waals surface area contributed by atoms with Gasteiger partial charge < -0.3 is 10.4 Å². The number of hydrogen-bond acceptors (Lipinski definition) is 3. The molecule has 0 aliphatic rings. The Balaban J connectivity index is 2.30. The zero-order valence-corrected chi connectivity index (χ0v) is 10.2. The highest BCUT2D eigenvalue weighted by Gasteiger charge is 2.26. The lowest BCUT2D eigenvalue weighted by Gasteiger charge is -2.11. The highest BCUT2D eigenvalue weighted by Crippen LogP contribution is 2.22. The first-order chi connectivity index (χ1) is 9.37. The van der Waals surface area contributed by atoms with E-state index in [-0.39, 0.29) is 11.4 Å². The number of halogens is 3. The monoisotopic (exact) mass is 284 g/mol. The molecule has 1 aromatic carbocycles. The van der Waals surface area contributed by atoms with Crippen LogP contribution in [0.4, 0.5) is 19.0 Å². The second-order valence-electron chi connectivity index (χ2n) is 4.17. The summed E-state index contributed by atoms with van der Waals surface area (Å²) in [6.07, 6.45) is -5.35. The maximum absolute atomic E-state index is 12.1. The second-order valence-corrected chi connectivity index (χ2v) is 4.17. The molecule has 0 saturated carbocycles. The summed E-state index contributed by atoms with van der Waals surface area (Å²) in [5.74, 6) is -1.29. The predicted molar refractivity (Wildman–Crippen MR) is 67.9 cm³/mol. The van der Waals surface area contributed by atoms with Crippen molar-refractivity contribution < 1.29 is 23.1 Å². The lowest BCUT2D eigenvalue weighted by atomic mass is 10.1. The van der Waals surface area contributed by atoms with Crippen molar-refractivity contribution in [2.24, 2.45) is 0 Å². The molecule has 0 fully saturated rings. The van der Waals surface area contributed by atoms with Crippen molar-refractivity contribution in [1.82, 2.24) is 4.98 Å². The number of nitrogens with one attached hydrogen (secondary N) is 1. The number of para-hydroxylation sites is 1. The van der Waals surface area contributed by atoms with Crippen LogP contribution in [-0.2, 0) is 0 Å². The van der Waals surface area contributed by atoms with Gasteiger partial charge >= 0.3 is 12.1 Å². The summed E-state index contributed by atoms with van der Waals surface area (Å²) in [6, 6.07) is 8.19. The number of aromatic carboxylic acids is 1. The van der Waals surface area contributed by atoms with E-state index >= 15 is 0 Å². The summed E-state index contributed by atoms with van der Waals surface area (Å²) in [4.78, 5) is 15.2. The molecule has 0 unspecified atom stereocenters. The molecular formula is C13H11F3N2O2. The largest absolute Gasteiger partial charge is 0.478 e. The van der Waals surface area contributed by atoms with Crippen molar-refractivity contribution in [1.29, 1.82) is 0 Å². The molecule has 0 aliphatic carbocycles. The van der Waals surface area contributed by atoms with Gasteiger partial charge in [-0.1, -0.05) is 18.2 Å². The van der Waals surface area contributed by atoms with Crippen LogP contribution < -0.4 is 5.32 Å². The Labute approximate surface area is 112 Å². The first kappa shape index (κ1) is 14.1. The summed E-state index contributed by atoms with van der Waals surface area (Å²) >= 11 is 0. The molecule has 0 saturated heterocycles. The smallest absolute Gasteiger partial charge is 0.390 e. The molecule has 0 amide bonds. The van der Waals surface area contributed by atoms with E-state index in [1.54, 1.807) is 24.3 Å². The second kappa shape index (κ2) is 5.36. The van der Waals surface area contributed by atoms with E-state index in [4.69, 9.17) is 5.11 Å². The Bertz CT molecular complexity index is 641. The van der Waals surface area contributed by atoms with E-state index in [0.717, 1.165) is 0 Å². The van der Waals surface area contributed by atoms with Gasteiger partial charge in [0.1, 0.15) is 11.4 Å². The molecule has 0 spiro atoms. The van der Waals surface area contributed by atoms with Gasteiger partial charge in [0.2, 0.25) is 0 Å². The molecule has 106 valence electrons. The topological polar surface area (TPSA) is 62.2 Å². The number of nitrogens with zero attached hydrogens (tertiary/aromatic N) is 1. The number of anilines is 1. The Morgan fingerprint density at radius 3 is 2.65 bits per heavy atom. The van der Waals surface area contributed by atoms with E-state index in [2.05, 4.69) is 10.3 Å². The Kier molecular flexibility index (Phi) is 3.78. The van der Waals surface area contributed by atoms with Crippen LogP contribution in [0.3, 0.4) is 0 Å². The Morgan fingerprint density at radius 1 is 1.30 bits per heavy atom. The van der Waals surface area contributed by atoms with Gasteiger partial charge in [0.05, 0.1) is 11.9 Å². The van der Waals surface area contributed by atoms with Gasteiger partial charge in [0.15, 0.2) is 0 Å². The summed E-state index contributed by atoms with van der Waals surface area (Å²) in [7, 11) is 0. The van der Waals surface area contributed by atoms with Gasteiger partial charge in [-0.15, -0.1) is 0 Å². The van der Waals surface area contributed by atoms with E-state index in [1.165, 1.54) is 6.07 Å². The van der Waals surface area contributed by atoms with Gasteiger partial charge in [-0.05, 0) is 12.1 Å². The number of pyridine rings is 1.